The van der Waals surface area contributed by atoms with Gasteiger partial charge in [0.2, 0.25) is 0 Å². The zero-order valence-electron chi connectivity index (χ0n) is 8.77. The van der Waals surface area contributed by atoms with E-state index in [0.29, 0.717) is 10.9 Å². The lowest BCUT2D eigenvalue weighted by atomic mass is 10.1. The summed E-state index contributed by atoms with van der Waals surface area (Å²) in [4.78, 5) is 1.10. The van der Waals surface area contributed by atoms with Crippen LogP contribution in [-0.2, 0) is 6.42 Å². The minimum absolute atomic E-state index is 0.164. The molecule has 0 saturated heterocycles. The number of hydrogen-bond acceptors (Lipinski definition) is 2. The van der Waals surface area contributed by atoms with Gasteiger partial charge in [0.1, 0.15) is 0 Å². The quantitative estimate of drug-likeness (QED) is 0.860. The summed E-state index contributed by atoms with van der Waals surface area (Å²) < 4.78 is 36.3. The van der Waals surface area contributed by atoms with Gasteiger partial charge in [0.05, 0.1) is 10.9 Å². The topological polar surface area (TPSA) is 12.0 Å². The second-order valence-corrected chi connectivity index (χ2v) is 5.56. The zero-order valence-corrected chi connectivity index (χ0v) is 10.3. The molecule has 1 rings (SSSR count). The minimum Gasteiger partial charge on any atom is -0.308 e. The van der Waals surface area contributed by atoms with E-state index in [-0.39, 0.29) is 5.92 Å². The molecule has 0 spiro atoms. The summed E-state index contributed by atoms with van der Waals surface area (Å²) in [5.74, 6) is 0.164. The third-order valence-corrected chi connectivity index (χ3v) is 3.25. The van der Waals surface area contributed by atoms with Gasteiger partial charge in [0, 0.05) is 4.88 Å². The van der Waals surface area contributed by atoms with Gasteiger partial charge < -0.3 is 5.32 Å². The molecule has 1 aromatic heterocycles. The number of hydrogen-bond donors (Lipinski definition) is 1. The zero-order chi connectivity index (χ0) is 12.2. The van der Waals surface area contributed by atoms with E-state index >= 15 is 0 Å². The van der Waals surface area contributed by atoms with E-state index < -0.39 is 12.7 Å². The van der Waals surface area contributed by atoms with Crippen LogP contribution < -0.4 is 5.32 Å². The van der Waals surface area contributed by atoms with Crippen molar-refractivity contribution in [2.45, 2.75) is 19.5 Å². The highest BCUT2D eigenvalue weighted by Crippen LogP contribution is 2.23. The molecule has 1 aromatic rings. The van der Waals surface area contributed by atoms with Crippen LogP contribution in [0.15, 0.2) is 12.1 Å². The van der Waals surface area contributed by atoms with Gasteiger partial charge in [0.25, 0.3) is 0 Å². The van der Waals surface area contributed by atoms with Crippen LogP contribution in [0.5, 0.6) is 0 Å². The lowest BCUT2D eigenvalue weighted by Gasteiger charge is -2.12. The van der Waals surface area contributed by atoms with Crippen LogP contribution in [0.25, 0.3) is 0 Å². The second-order valence-electron chi connectivity index (χ2n) is 3.76. The molecule has 0 aliphatic carbocycles. The van der Waals surface area contributed by atoms with Gasteiger partial charge in [-0.1, -0.05) is 18.5 Å². The Morgan fingerprint density at radius 1 is 1.44 bits per heavy atom. The van der Waals surface area contributed by atoms with Crippen molar-refractivity contribution in [3.63, 3.8) is 0 Å². The van der Waals surface area contributed by atoms with E-state index in [0.717, 1.165) is 11.3 Å². The lowest BCUT2D eigenvalue weighted by molar-refractivity contribution is -0.125. The highest BCUT2D eigenvalue weighted by Gasteiger charge is 2.26. The summed E-state index contributed by atoms with van der Waals surface area (Å²) >= 11 is 7.23. The lowest BCUT2D eigenvalue weighted by Crippen LogP contribution is -2.32. The van der Waals surface area contributed by atoms with Gasteiger partial charge in [-0.15, -0.1) is 11.3 Å². The fraction of sp³-hybridized carbons (Fsp3) is 0.600. The molecule has 0 aliphatic heterocycles. The largest absolute Gasteiger partial charge is 0.401 e. The molecule has 0 fully saturated rings. The Kier molecular flexibility index (Phi) is 5.08. The van der Waals surface area contributed by atoms with Crippen molar-refractivity contribution >= 4 is 22.9 Å². The normalized spacial score (nSPS) is 14.1. The van der Waals surface area contributed by atoms with Crippen molar-refractivity contribution in [1.29, 1.82) is 0 Å². The molecular weight excluding hydrogens is 259 g/mol. The van der Waals surface area contributed by atoms with Gasteiger partial charge in [-0.2, -0.15) is 13.2 Å². The first kappa shape index (κ1) is 13.8. The molecule has 16 heavy (non-hydrogen) atoms. The Hall–Kier alpha value is -0.260. The van der Waals surface area contributed by atoms with E-state index in [1.54, 1.807) is 6.07 Å². The Balaban J connectivity index is 2.23. The Morgan fingerprint density at radius 3 is 2.62 bits per heavy atom. The van der Waals surface area contributed by atoms with Crippen molar-refractivity contribution in [2.75, 3.05) is 13.1 Å². The first-order valence-electron chi connectivity index (χ1n) is 4.88. The maximum atomic E-state index is 11.9. The van der Waals surface area contributed by atoms with Crippen LogP contribution in [0.2, 0.25) is 4.34 Å². The van der Waals surface area contributed by atoms with Crippen molar-refractivity contribution in [3.8, 4) is 0 Å². The smallest absolute Gasteiger partial charge is 0.308 e. The summed E-state index contributed by atoms with van der Waals surface area (Å²) in [5, 5.41) is 2.40. The summed E-state index contributed by atoms with van der Waals surface area (Å²) in [6.45, 7) is 1.34. The SMILES string of the molecule is CC(CNCC(F)(F)F)Cc1ccc(Cl)s1. The number of alkyl halides is 3. The van der Waals surface area contributed by atoms with Crippen molar-refractivity contribution in [3.05, 3.63) is 21.3 Å². The van der Waals surface area contributed by atoms with Gasteiger partial charge in [0.15, 0.2) is 0 Å². The monoisotopic (exact) mass is 271 g/mol. The fourth-order valence-corrected chi connectivity index (χ4v) is 2.59. The first-order chi connectivity index (χ1) is 7.37. The summed E-state index contributed by atoms with van der Waals surface area (Å²) in [7, 11) is 0. The van der Waals surface area contributed by atoms with Crippen LogP contribution >= 0.6 is 22.9 Å². The van der Waals surface area contributed by atoms with Crippen LogP contribution in [0, 0.1) is 5.92 Å². The Morgan fingerprint density at radius 2 is 2.12 bits per heavy atom. The van der Waals surface area contributed by atoms with Crippen molar-refractivity contribution < 1.29 is 13.2 Å². The first-order valence-corrected chi connectivity index (χ1v) is 6.08. The third kappa shape index (κ3) is 5.72. The number of thiophene rings is 1. The second kappa shape index (κ2) is 5.89. The number of rotatable bonds is 5. The van der Waals surface area contributed by atoms with Crippen molar-refractivity contribution in [1.82, 2.24) is 5.32 Å². The molecule has 0 amide bonds. The molecule has 92 valence electrons. The summed E-state index contributed by atoms with van der Waals surface area (Å²) in [5.41, 5.74) is 0. The van der Waals surface area contributed by atoms with Crippen LogP contribution in [0.1, 0.15) is 11.8 Å². The molecule has 1 unspecified atom stereocenters. The average molecular weight is 272 g/mol. The van der Waals surface area contributed by atoms with Gasteiger partial charge in [-0.25, -0.2) is 0 Å². The van der Waals surface area contributed by atoms with E-state index in [1.165, 1.54) is 11.3 Å². The van der Waals surface area contributed by atoms with Crippen LogP contribution in [0.3, 0.4) is 0 Å². The van der Waals surface area contributed by atoms with E-state index in [1.807, 2.05) is 13.0 Å². The Bertz CT molecular complexity index is 324. The van der Waals surface area contributed by atoms with Gasteiger partial charge in [-0.3, -0.25) is 0 Å². The highest BCUT2D eigenvalue weighted by molar-refractivity contribution is 7.16. The van der Waals surface area contributed by atoms with Gasteiger partial charge >= 0.3 is 6.18 Å². The van der Waals surface area contributed by atoms with Gasteiger partial charge in [-0.05, 0) is 31.0 Å². The maximum absolute atomic E-state index is 11.9. The molecule has 6 heteroatoms. The van der Waals surface area contributed by atoms with Crippen molar-refractivity contribution in [2.24, 2.45) is 5.92 Å². The van der Waals surface area contributed by atoms with E-state index in [4.69, 9.17) is 11.6 Å². The molecule has 0 radical (unpaired) electrons. The molecule has 0 bridgehead atoms. The number of halogens is 4. The van der Waals surface area contributed by atoms with Crippen LogP contribution in [0.4, 0.5) is 13.2 Å². The molecule has 1 N–H and O–H groups in total. The predicted octanol–water partition coefficient (Wildman–Crippen LogP) is 3.73. The third-order valence-electron chi connectivity index (χ3n) is 2.00. The predicted molar refractivity (Wildman–Crippen MR) is 61.1 cm³/mol. The number of nitrogens with one attached hydrogen (secondary N) is 1. The summed E-state index contributed by atoms with van der Waals surface area (Å²) in [6, 6.07) is 3.71. The average Bonchev–Trinajstić information content (AvgIpc) is 2.48. The Labute approximate surface area is 102 Å². The molecular formula is C10H13ClF3NS. The van der Waals surface area contributed by atoms with Crippen LogP contribution in [-0.4, -0.2) is 19.3 Å². The molecule has 0 saturated carbocycles. The van der Waals surface area contributed by atoms with E-state index in [9.17, 15) is 13.2 Å². The highest BCUT2D eigenvalue weighted by atomic mass is 35.5. The molecule has 1 atom stereocenters. The molecule has 0 aliphatic rings. The molecule has 1 nitrogen and oxygen atoms in total. The fourth-order valence-electron chi connectivity index (χ4n) is 1.34. The molecule has 0 aromatic carbocycles. The minimum atomic E-state index is -4.13. The standard InChI is InChI=1S/C10H13ClF3NS/c1-7(5-15-6-10(12,13)14)4-8-2-3-9(11)16-8/h2-3,7,15H,4-6H2,1H3. The summed E-state index contributed by atoms with van der Waals surface area (Å²) in [6.07, 6.45) is -3.38. The van der Waals surface area contributed by atoms with E-state index in [2.05, 4.69) is 5.32 Å². The maximum Gasteiger partial charge on any atom is 0.401 e. The molecule has 1 heterocycles.